The van der Waals surface area contributed by atoms with Crippen molar-refractivity contribution in [3.63, 3.8) is 0 Å². The molecule has 2 atom stereocenters. The summed E-state index contributed by atoms with van der Waals surface area (Å²) >= 11 is 0. The van der Waals surface area contributed by atoms with E-state index in [0.29, 0.717) is 22.6 Å². The molecule has 1 aliphatic carbocycles. The van der Waals surface area contributed by atoms with Crippen LogP contribution in [-0.4, -0.2) is 40.1 Å². The number of fused-ring (bicyclic) bond motifs is 1. The number of nitrogens with zero attached hydrogens (tertiary/aromatic N) is 2. The minimum absolute atomic E-state index is 0.0440. The van der Waals surface area contributed by atoms with E-state index in [1.807, 2.05) is 0 Å². The lowest BCUT2D eigenvalue weighted by atomic mass is 9.86. The van der Waals surface area contributed by atoms with Crippen LogP contribution in [0, 0.1) is 5.92 Å². The van der Waals surface area contributed by atoms with Crippen molar-refractivity contribution in [2.75, 3.05) is 6.61 Å². The van der Waals surface area contributed by atoms with Crippen LogP contribution in [0.15, 0.2) is 29.1 Å². The van der Waals surface area contributed by atoms with Crippen LogP contribution in [0.4, 0.5) is 4.79 Å². The van der Waals surface area contributed by atoms with Crippen LogP contribution < -0.4 is 16.2 Å². The monoisotopic (exact) mass is 428 g/mol. The number of urea groups is 1. The Kier molecular flexibility index (Phi) is 7.38. The minimum Gasteiger partial charge on any atom is -0.456 e. The van der Waals surface area contributed by atoms with E-state index in [1.54, 1.807) is 31.3 Å². The molecule has 0 aliphatic heterocycles. The van der Waals surface area contributed by atoms with Gasteiger partial charge in [-0.05, 0) is 30.9 Å². The highest BCUT2D eigenvalue weighted by atomic mass is 16.5. The van der Waals surface area contributed by atoms with Gasteiger partial charge in [0.05, 0.1) is 17.3 Å². The molecule has 1 heterocycles. The van der Waals surface area contributed by atoms with Gasteiger partial charge in [0.1, 0.15) is 5.82 Å². The quantitative estimate of drug-likeness (QED) is 0.678. The second-order valence-corrected chi connectivity index (χ2v) is 7.96. The normalized spacial score (nSPS) is 18.4. The van der Waals surface area contributed by atoms with Gasteiger partial charge in [0, 0.05) is 19.5 Å². The fourth-order valence-corrected chi connectivity index (χ4v) is 3.82. The van der Waals surface area contributed by atoms with Gasteiger partial charge in [0.15, 0.2) is 6.61 Å². The Morgan fingerprint density at radius 1 is 1.19 bits per heavy atom. The van der Waals surface area contributed by atoms with Crippen LogP contribution in [0.25, 0.3) is 10.9 Å². The molecule has 0 spiro atoms. The van der Waals surface area contributed by atoms with Crippen molar-refractivity contribution >= 4 is 28.8 Å². The highest BCUT2D eigenvalue weighted by Gasteiger charge is 2.23. The van der Waals surface area contributed by atoms with E-state index >= 15 is 0 Å². The third kappa shape index (κ3) is 5.90. The van der Waals surface area contributed by atoms with Crippen LogP contribution in [0.2, 0.25) is 0 Å². The largest absolute Gasteiger partial charge is 0.456 e. The SMILES string of the molecule is CC1CCCCC1NC(=O)NC(=O)COC(=O)CCc1nc2ccccc2c(=O)n1C. The Balaban J connectivity index is 1.44. The van der Waals surface area contributed by atoms with Crippen molar-refractivity contribution in [2.45, 2.75) is 51.5 Å². The Morgan fingerprint density at radius 2 is 1.94 bits per heavy atom. The number of para-hydroxylation sites is 1. The standard InChI is InChI=1S/C22H28N4O5/c1-14-7-3-5-9-16(14)24-22(30)25-19(27)13-31-20(28)12-11-18-23-17-10-6-4-8-15(17)21(29)26(18)2/h4,6,8,10,14,16H,3,5,7,9,11-13H2,1-2H3,(H2,24,25,27,30). The predicted molar refractivity (Wildman–Crippen MR) is 114 cm³/mol. The number of aromatic nitrogens is 2. The first kappa shape index (κ1) is 22.5. The fourth-order valence-electron chi connectivity index (χ4n) is 3.82. The van der Waals surface area contributed by atoms with Crippen molar-refractivity contribution in [1.29, 1.82) is 0 Å². The van der Waals surface area contributed by atoms with Crippen LogP contribution in [0.1, 0.15) is 44.9 Å². The van der Waals surface area contributed by atoms with Gasteiger partial charge in [0.2, 0.25) is 0 Å². The van der Waals surface area contributed by atoms with Crippen LogP contribution in [-0.2, 0) is 27.8 Å². The highest BCUT2D eigenvalue weighted by molar-refractivity contribution is 5.95. The highest BCUT2D eigenvalue weighted by Crippen LogP contribution is 2.23. The first-order valence-electron chi connectivity index (χ1n) is 10.6. The third-order valence-corrected chi connectivity index (χ3v) is 5.67. The molecule has 3 amide bonds. The van der Waals surface area contributed by atoms with E-state index in [0.717, 1.165) is 25.7 Å². The molecule has 0 saturated heterocycles. The summed E-state index contributed by atoms with van der Waals surface area (Å²) in [6.07, 6.45) is 4.29. The predicted octanol–water partition coefficient (Wildman–Crippen LogP) is 1.81. The molecule has 1 aromatic heterocycles. The molecule has 9 nitrogen and oxygen atoms in total. The van der Waals surface area contributed by atoms with Crippen molar-refractivity contribution in [2.24, 2.45) is 13.0 Å². The molecule has 1 fully saturated rings. The Hall–Kier alpha value is -3.23. The van der Waals surface area contributed by atoms with E-state index in [2.05, 4.69) is 22.5 Å². The molecule has 2 aromatic rings. The molecule has 2 N–H and O–H groups in total. The van der Waals surface area contributed by atoms with E-state index in [1.165, 1.54) is 4.57 Å². The molecular weight excluding hydrogens is 400 g/mol. The van der Waals surface area contributed by atoms with Crippen LogP contribution in [0.5, 0.6) is 0 Å². The zero-order valence-electron chi connectivity index (χ0n) is 17.8. The summed E-state index contributed by atoms with van der Waals surface area (Å²) in [6, 6.07) is 6.47. The molecule has 166 valence electrons. The van der Waals surface area contributed by atoms with Crippen molar-refractivity contribution in [1.82, 2.24) is 20.2 Å². The maximum Gasteiger partial charge on any atom is 0.321 e. The second kappa shape index (κ2) is 10.2. The first-order valence-corrected chi connectivity index (χ1v) is 10.6. The van der Waals surface area contributed by atoms with Gasteiger partial charge < -0.3 is 10.1 Å². The van der Waals surface area contributed by atoms with E-state index in [4.69, 9.17) is 4.74 Å². The number of amides is 3. The van der Waals surface area contributed by atoms with Crippen molar-refractivity contribution in [3.05, 3.63) is 40.4 Å². The Morgan fingerprint density at radius 3 is 2.71 bits per heavy atom. The number of hydrogen-bond acceptors (Lipinski definition) is 6. The van der Waals surface area contributed by atoms with Gasteiger partial charge in [-0.15, -0.1) is 0 Å². The van der Waals surface area contributed by atoms with Gasteiger partial charge in [0.25, 0.3) is 11.5 Å². The molecule has 0 radical (unpaired) electrons. The number of carbonyl (C=O) groups is 3. The Labute approximate surface area is 180 Å². The first-order chi connectivity index (χ1) is 14.8. The number of ether oxygens (including phenoxy) is 1. The molecule has 3 rings (SSSR count). The van der Waals surface area contributed by atoms with Gasteiger partial charge in [-0.25, -0.2) is 9.78 Å². The summed E-state index contributed by atoms with van der Waals surface area (Å²) in [5.41, 5.74) is 0.373. The number of carbonyl (C=O) groups excluding carboxylic acids is 3. The molecular formula is C22H28N4O5. The van der Waals surface area contributed by atoms with E-state index in [-0.39, 0.29) is 24.4 Å². The maximum absolute atomic E-state index is 12.4. The number of esters is 1. The summed E-state index contributed by atoms with van der Waals surface area (Å²) in [7, 11) is 1.60. The molecule has 9 heteroatoms. The number of hydrogen-bond donors (Lipinski definition) is 2. The van der Waals surface area contributed by atoms with E-state index < -0.39 is 24.5 Å². The fraction of sp³-hybridized carbons (Fsp3) is 0.500. The summed E-state index contributed by atoms with van der Waals surface area (Å²) < 4.78 is 6.35. The summed E-state index contributed by atoms with van der Waals surface area (Å²) in [4.78, 5) is 52.7. The lowest BCUT2D eigenvalue weighted by molar-refractivity contribution is -0.148. The van der Waals surface area contributed by atoms with Gasteiger partial charge in [-0.2, -0.15) is 0 Å². The van der Waals surface area contributed by atoms with Gasteiger partial charge in [-0.3, -0.25) is 24.3 Å². The average Bonchev–Trinajstić information content (AvgIpc) is 2.75. The second-order valence-electron chi connectivity index (χ2n) is 7.96. The molecule has 1 saturated carbocycles. The van der Waals surface area contributed by atoms with Gasteiger partial charge >= 0.3 is 12.0 Å². The topological polar surface area (TPSA) is 119 Å². The number of nitrogens with one attached hydrogen (secondary N) is 2. The smallest absolute Gasteiger partial charge is 0.321 e. The summed E-state index contributed by atoms with van der Waals surface area (Å²) in [5, 5.41) is 5.51. The van der Waals surface area contributed by atoms with Gasteiger partial charge in [-0.1, -0.05) is 31.9 Å². The summed E-state index contributed by atoms with van der Waals surface area (Å²) in [5.74, 6) is -0.484. The molecule has 1 aromatic carbocycles. The van der Waals surface area contributed by atoms with E-state index in [9.17, 15) is 19.2 Å². The molecule has 0 bridgehead atoms. The zero-order chi connectivity index (χ0) is 22.4. The molecule has 1 aliphatic rings. The number of aryl methyl sites for hydroxylation is 1. The number of rotatable bonds is 6. The number of imide groups is 1. The Bertz CT molecular complexity index is 1030. The lowest BCUT2D eigenvalue weighted by Gasteiger charge is -2.29. The molecule has 2 unspecified atom stereocenters. The third-order valence-electron chi connectivity index (χ3n) is 5.67. The van der Waals surface area contributed by atoms with Crippen LogP contribution >= 0.6 is 0 Å². The average molecular weight is 428 g/mol. The summed E-state index contributed by atoms with van der Waals surface area (Å²) in [6.45, 7) is 1.53. The molecule has 31 heavy (non-hydrogen) atoms. The number of benzene rings is 1. The zero-order valence-corrected chi connectivity index (χ0v) is 17.8. The minimum atomic E-state index is -0.689. The van der Waals surface area contributed by atoms with Crippen molar-refractivity contribution in [3.8, 4) is 0 Å². The maximum atomic E-state index is 12.4. The van der Waals surface area contributed by atoms with Crippen molar-refractivity contribution < 1.29 is 19.1 Å². The van der Waals surface area contributed by atoms with Crippen LogP contribution in [0.3, 0.4) is 0 Å². The lowest BCUT2D eigenvalue weighted by Crippen LogP contribution is -2.48.